The van der Waals surface area contributed by atoms with E-state index in [1.165, 1.54) is 18.2 Å². The summed E-state index contributed by atoms with van der Waals surface area (Å²) in [5.41, 5.74) is 2.36. The van der Waals surface area contributed by atoms with Crippen LogP contribution in [0.3, 0.4) is 0 Å². The SMILES string of the molecule is COC(=O)C=CC1CCN(CCOC(c2ccccc2)c2ccccc2)CC1.O=C(O)C(=O)O. The monoisotopic (exact) mass is 469 g/mol. The molecule has 1 saturated heterocycles. The minimum absolute atomic E-state index is 0.0390. The van der Waals surface area contributed by atoms with Crippen LogP contribution in [0.4, 0.5) is 0 Å². The lowest BCUT2D eigenvalue weighted by Gasteiger charge is -2.31. The minimum atomic E-state index is -1.82. The van der Waals surface area contributed by atoms with Crippen molar-refractivity contribution in [2.75, 3.05) is 33.4 Å². The van der Waals surface area contributed by atoms with Crippen LogP contribution in [0.15, 0.2) is 72.8 Å². The van der Waals surface area contributed by atoms with Crippen LogP contribution < -0.4 is 0 Å². The van der Waals surface area contributed by atoms with Gasteiger partial charge in [0, 0.05) is 12.6 Å². The van der Waals surface area contributed by atoms with Gasteiger partial charge in [-0.25, -0.2) is 14.4 Å². The molecule has 2 aromatic rings. The van der Waals surface area contributed by atoms with Crippen molar-refractivity contribution < 1.29 is 34.1 Å². The largest absolute Gasteiger partial charge is 0.473 e. The van der Waals surface area contributed by atoms with Gasteiger partial charge in [0.2, 0.25) is 0 Å². The average molecular weight is 470 g/mol. The second-order valence-electron chi connectivity index (χ2n) is 7.74. The Hall–Kier alpha value is -3.49. The van der Waals surface area contributed by atoms with Crippen molar-refractivity contribution in [3.8, 4) is 0 Å². The smallest absolute Gasteiger partial charge is 0.414 e. The van der Waals surface area contributed by atoms with E-state index in [2.05, 4.69) is 58.2 Å². The zero-order chi connectivity index (χ0) is 24.8. The first kappa shape index (κ1) is 26.8. The summed E-state index contributed by atoms with van der Waals surface area (Å²) in [6, 6.07) is 20.8. The fraction of sp³-hybridized carbons (Fsp3) is 0.346. The van der Waals surface area contributed by atoms with Crippen molar-refractivity contribution in [1.29, 1.82) is 0 Å². The highest BCUT2D eigenvalue weighted by Crippen LogP contribution is 2.26. The number of allylic oxidation sites excluding steroid dienone is 1. The molecule has 1 aliphatic rings. The number of piperidine rings is 1. The highest BCUT2D eigenvalue weighted by atomic mass is 16.5. The standard InChI is InChI=1S/C24H29NO3.C2H2O4/c1-27-23(26)13-12-20-14-16-25(17-15-20)18-19-28-24(21-8-4-2-5-9-21)22-10-6-3-7-11-22;3-1(4)2(5)6/h2-13,20,24H,14-19H2,1H3;(H,3,4)(H,5,6). The lowest BCUT2D eigenvalue weighted by atomic mass is 9.96. The summed E-state index contributed by atoms with van der Waals surface area (Å²) in [5, 5.41) is 14.8. The predicted octanol–water partition coefficient (Wildman–Crippen LogP) is 3.39. The first-order valence-electron chi connectivity index (χ1n) is 11.1. The molecule has 0 amide bonds. The van der Waals surface area contributed by atoms with E-state index in [9.17, 15) is 4.79 Å². The molecule has 1 fully saturated rings. The van der Waals surface area contributed by atoms with E-state index in [4.69, 9.17) is 24.5 Å². The third-order valence-corrected chi connectivity index (χ3v) is 5.42. The topological polar surface area (TPSA) is 113 Å². The Bertz CT molecular complexity index is 871. The number of ether oxygens (including phenoxy) is 2. The van der Waals surface area contributed by atoms with Crippen LogP contribution in [-0.4, -0.2) is 66.4 Å². The molecule has 0 aliphatic carbocycles. The Balaban J connectivity index is 0.000000604. The molecule has 8 heteroatoms. The Kier molecular flexibility index (Phi) is 11.5. The van der Waals surface area contributed by atoms with Gasteiger partial charge in [-0.15, -0.1) is 0 Å². The first-order chi connectivity index (χ1) is 16.4. The molecule has 2 N–H and O–H groups in total. The number of carbonyl (C=O) groups excluding carboxylic acids is 1. The molecule has 0 atom stereocenters. The Morgan fingerprint density at radius 2 is 1.44 bits per heavy atom. The lowest BCUT2D eigenvalue weighted by molar-refractivity contribution is -0.159. The van der Waals surface area contributed by atoms with E-state index in [0.717, 1.165) is 32.5 Å². The van der Waals surface area contributed by atoms with Gasteiger partial charge < -0.3 is 24.6 Å². The number of esters is 1. The van der Waals surface area contributed by atoms with Crippen LogP contribution >= 0.6 is 0 Å². The quantitative estimate of drug-likeness (QED) is 0.344. The number of nitrogens with zero attached hydrogens (tertiary/aromatic N) is 1. The van der Waals surface area contributed by atoms with Gasteiger partial charge in [-0.1, -0.05) is 66.7 Å². The molecule has 34 heavy (non-hydrogen) atoms. The van der Waals surface area contributed by atoms with Crippen LogP contribution in [0.25, 0.3) is 0 Å². The molecule has 0 unspecified atom stereocenters. The zero-order valence-electron chi connectivity index (χ0n) is 19.2. The Morgan fingerprint density at radius 3 is 1.88 bits per heavy atom. The van der Waals surface area contributed by atoms with E-state index in [-0.39, 0.29) is 12.1 Å². The molecular formula is C26H31NO7. The number of methoxy groups -OCH3 is 1. The molecule has 1 heterocycles. The summed E-state index contributed by atoms with van der Waals surface area (Å²) in [6.07, 6.45) is 5.62. The van der Waals surface area contributed by atoms with Gasteiger partial charge in [-0.3, -0.25) is 0 Å². The summed E-state index contributed by atoms with van der Waals surface area (Å²) >= 11 is 0. The maximum absolute atomic E-state index is 11.2. The van der Waals surface area contributed by atoms with Crippen LogP contribution in [-0.2, 0) is 23.9 Å². The maximum atomic E-state index is 11.2. The Labute approximate surface area is 199 Å². The van der Waals surface area contributed by atoms with Crippen molar-refractivity contribution in [2.45, 2.75) is 18.9 Å². The molecule has 2 aromatic carbocycles. The summed E-state index contributed by atoms with van der Waals surface area (Å²) < 4.78 is 11.0. The molecule has 0 spiro atoms. The first-order valence-corrected chi connectivity index (χ1v) is 11.1. The number of carboxylic acid groups (broad SMARTS) is 2. The van der Waals surface area contributed by atoms with Gasteiger partial charge in [0.1, 0.15) is 6.10 Å². The molecule has 182 valence electrons. The van der Waals surface area contributed by atoms with Crippen molar-refractivity contribution in [3.05, 3.63) is 83.9 Å². The van der Waals surface area contributed by atoms with Crippen molar-refractivity contribution in [3.63, 3.8) is 0 Å². The molecule has 0 saturated carbocycles. The van der Waals surface area contributed by atoms with Gasteiger partial charge in [-0.05, 0) is 43.0 Å². The third kappa shape index (κ3) is 9.56. The van der Waals surface area contributed by atoms with Gasteiger partial charge >= 0.3 is 17.9 Å². The number of aliphatic carboxylic acids is 2. The van der Waals surface area contributed by atoms with Gasteiger partial charge in [0.15, 0.2) is 0 Å². The van der Waals surface area contributed by atoms with Crippen molar-refractivity contribution in [1.82, 2.24) is 4.90 Å². The van der Waals surface area contributed by atoms with E-state index in [1.807, 2.05) is 18.2 Å². The predicted molar refractivity (Wildman–Crippen MR) is 126 cm³/mol. The average Bonchev–Trinajstić information content (AvgIpc) is 2.87. The normalized spacial score (nSPS) is 14.4. The number of rotatable bonds is 8. The molecule has 3 rings (SSSR count). The van der Waals surface area contributed by atoms with Gasteiger partial charge in [0.05, 0.1) is 13.7 Å². The summed E-state index contributed by atoms with van der Waals surface area (Å²) in [4.78, 5) is 31.9. The highest BCUT2D eigenvalue weighted by molar-refractivity contribution is 6.27. The number of carbonyl (C=O) groups is 3. The van der Waals surface area contributed by atoms with Crippen LogP contribution in [0, 0.1) is 5.92 Å². The van der Waals surface area contributed by atoms with E-state index >= 15 is 0 Å². The molecule has 0 bridgehead atoms. The minimum Gasteiger partial charge on any atom is -0.473 e. The molecule has 8 nitrogen and oxygen atoms in total. The van der Waals surface area contributed by atoms with Crippen molar-refractivity contribution >= 4 is 17.9 Å². The Morgan fingerprint density at radius 1 is 0.941 bits per heavy atom. The fourth-order valence-electron chi connectivity index (χ4n) is 3.59. The van der Waals surface area contributed by atoms with Crippen LogP contribution in [0.2, 0.25) is 0 Å². The molecule has 0 aromatic heterocycles. The number of hydrogen-bond acceptors (Lipinski definition) is 6. The fourth-order valence-corrected chi connectivity index (χ4v) is 3.59. The van der Waals surface area contributed by atoms with E-state index in [0.29, 0.717) is 12.5 Å². The highest BCUT2D eigenvalue weighted by Gasteiger charge is 2.19. The summed E-state index contributed by atoms with van der Waals surface area (Å²) in [5.74, 6) is -3.47. The maximum Gasteiger partial charge on any atom is 0.414 e. The lowest BCUT2D eigenvalue weighted by Crippen LogP contribution is -2.35. The third-order valence-electron chi connectivity index (χ3n) is 5.42. The van der Waals surface area contributed by atoms with Crippen molar-refractivity contribution in [2.24, 2.45) is 5.92 Å². The number of benzene rings is 2. The second-order valence-corrected chi connectivity index (χ2v) is 7.74. The molecule has 1 aliphatic heterocycles. The molecule has 0 radical (unpaired) electrons. The number of carboxylic acids is 2. The number of hydrogen-bond donors (Lipinski definition) is 2. The van der Waals surface area contributed by atoms with Crippen LogP contribution in [0.5, 0.6) is 0 Å². The van der Waals surface area contributed by atoms with E-state index < -0.39 is 11.9 Å². The zero-order valence-corrected chi connectivity index (χ0v) is 19.2. The second kappa shape index (κ2) is 14.6. The van der Waals surface area contributed by atoms with Gasteiger partial charge in [0.25, 0.3) is 0 Å². The summed E-state index contributed by atoms with van der Waals surface area (Å²) in [7, 11) is 1.41. The van der Waals surface area contributed by atoms with Gasteiger partial charge in [-0.2, -0.15) is 0 Å². The van der Waals surface area contributed by atoms with Crippen LogP contribution in [0.1, 0.15) is 30.1 Å². The molecular weight excluding hydrogens is 438 g/mol. The summed E-state index contributed by atoms with van der Waals surface area (Å²) in [6.45, 7) is 3.67. The van der Waals surface area contributed by atoms with E-state index in [1.54, 1.807) is 6.08 Å². The number of likely N-dealkylation sites (tertiary alicyclic amines) is 1.